The minimum Gasteiger partial charge on any atom is -0.0840 e. The summed E-state index contributed by atoms with van der Waals surface area (Å²) in [6, 6.07) is 15.3. The molecule has 0 nitrogen and oxygen atoms in total. The molecule has 0 heterocycles. The molecule has 1 saturated carbocycles. The van der Waals surface area contributed by atoms with E-state index < -0.39 is 0 Å². The summed E-state index contributed by atoms with van der Waals surface area (Å²) in [6.45, 7) is 4.79. The van der Waals surface area contributed by atoms with Crippen LogP contribution in [-0.4, -0.2) is 0 Å². The number of hydrogen-bond donors (Lipinski definition) is 0. The van der Waals surface area contributed by atoms with Gasteiger partial charge >= 0.3 is 0 Å². The lowest BCUT2D eigenvalue weighted by Crippen LogP contribution is -2.22. The van der Waals surface area contributed by atoms with Crippen molar-refractivity contribution < 1.29 is 0 Å². The number of benzene rings is 2. The minimum atomic E-state index is 0.577. The van der Waals surface area contributed by atoms with Gasteiger partial charge in [0.1, 0.15) is 0 Å². The Morgan fingerprint density at radius 1 is 1.08 bits per heavy atom. The molecule has 0 aromatic heterocycles. The third-order valence-corrected chi connectivity index (χ3v) is 6.76. The second kappa shape index (κ2) is 7.62. The van der Waals surface area contributed by atoms with E-state index in [1.165, 1.54) is 48.8 Å². The summed E-state index contributed by atoms with van der Waals surface area (Å²) in [7, 11) is 0. The molecule has 0 radical (unpaired) electrons. The Labute approximate surface area is 159 Å². The van der Waals surface area contributed by atoms with Gasteiger partial charge < -0.3 is 0 Å². The van der Waals surface area contributed by atoms with Crippen molar-refractivity contribution in [1.29, 1.82) is 0 Å². The molecule has 0 bridgehead atoms. The first-order valence-electron chi connectivity index (χ1n) is 9.02. The van der Waals surface area contributed by atoms with E-state index in [9.17, 15) is 0 Å². The predicted molar refractivity (Wildman–Crippen MR) is 108 cm³/mol. The van der Waals surface area contributed by atoms with Crippen molar-refractivity contribution in [1.82, 2.24) is 0 Å². The zero-order valence-corrected chi connectivity index (χ0v) is 17.0. The fraction of sp³-hybridized carbons (Fsp3) is 0.455. The van der Waals surface area contributed by atoms with Gasteiger partial charge in [-0.1, -0.05) is 72.1 Å². The molecule has 0 spiro atoms. The van der Waals surface area contributed by atoms with Crippen LogP contribution >= 0.6 is 27.5 Å². The number of rotatable bonds is 4. The molecule has 2 heteroatoms. The van der Waals surface area contributed by atoms with Gasteiger partial charge in [0.05, 0.1) is 0 Å². The Bertz CT molecular complexity index is 682. The SMILES string of the molecule is CCC1(C)CCC(c2ccc(Cc3cc(Br)ccc3Cl)cc2)CC1. The lowest BCUT2D eigenvalue weighted by Gasteiger charge is -2.37. The van der Waals surface area contributed by atoms with Crippen LogP contribution < -0.4 is 0 Å². The van der Waals surface area contributed by atoms with Crippen LogP contribution in [0.25, 0.3) is 0 Å². The number of hydrogen-bond acceptors (Lipinski definition) is 0. The predicted octanol–water partition coefficient (Wildman–Crippen LogP) is 7.77. The topological polar surface area (TPSA) is 0 Å². The first-order chi connectivity index (χ1) is 11.5. The lowest BCUT2D eigenvalue weighted by atomic mass is 9.69. The molecule has 1 aliphatic rings. The van der Waals surface area contributed by atoms with Crippen molar-refractivity contribution in [3.05, 3.63) is 68.7 Å². The van der Waals surface area contributed by atoms with Crippen LogP contribution in [0.5, 0.6) is 0 Å². The Morgan fingerprint density at radius 3 is 2.38 bits per heavy atom. The summed E-state index contributed by atoms with van der Waals surface area (Å²) in [5.41, 5.74) is 4.59. The number of halogens is 2. The van der Waals surface area contributed by atoms with Gasteiger partial charge in [-0.15, -0.1) is 0 Å². The van der Waals surface area contributed by atoms with E-state index in [1.807, 2.05) is 12.1 Å². The van der Waals surface area contributed by atoms with Crippen LogP contribution in [0, 0.1) is 5.41 Å². The van der Waals surface area contributed by atoms with Gasteiger partial charge in [-0.25, -0.2) is 0 Å². The van der Waals surface area contributed by atoms with Crippen molar-refractivity contribution in [3.8, 4) is 0 Å². The smallest absolute Gasteiger partial charge is 0.0442 e. The molecular formula is C22H26BrCl. The standard InChI is InChI=1S/C22H26BrCl/c1-3-22(2)12-10-18(11-13-22)17-6-4-16(5-7-17)14-19-15-20(23)8-9-21(19)24/h4-9,15,18H,3,10-14H2,1-2H3. The Hall–Kier alpha value is -0.790. The maximum atomic E-state index is 6.32. The molecule has 0 atom stereocenters. The largest absolute Gasteiger partial charge is 0.0840 e. The highest BCUT2D eigenvalue weighted by molar-refractivity contribution is 9.10. The molecule has 0 amide bonds. The highest BCUT2D eigenvalue weighted by Gasteiger charge is 2.29. The Balaban J connectivity index is 1.67. The zero-order chi connectivity index (χ0) is 17.2. The van der Waals surface area contributed by atoms with Crippen LogP contribution in [0.2, 0.25) is 5.02 Å². The maximum Gasteiger partial charge on any atom is 0.0442 e. The van der Waals surface area contributed by atoms with Crippen molar-refractivity contribution in [2.75, 3.05) is 0 Å². The Morgan fingerprint density at radius 2 is 1.75 bits per heavy atom. The quantitative estimate of drug-likeness (QED) is 0.487. The molecule has 24 heavy (non-hydrogen) atoms. The molecular weight excluding hydrogens is 380 g/mol. The van der Waals surface area contributed by atoms with Crippen LogP contribution in [0.15, 0.2) is 46.9 Å². The third-order valence-electron chi connectivity index (χ3n) is 5.90. The van der Waals surface area contributed by atoms with E-state index in [4.69, 9.17) is 11.6 Å². The van der Waals surface area contributed by atoms with Gasteiger partial charge in [0.2, 0.25) is 0 Å². The first-order valence-corrected chi connectivity index (χ1v) is 10.2. The molecule has 0 saturated heterocycles. The summed E-state index contributed by atoms with van der Waals surface area (Å²) in [5.74, 6) is 0.744. The van der Waals surface area contributed by atoms with Gasteiger partial charge in [0.15, 0.2) is 0 Å². The van der Waals surface area contributed by atoms with Crippen molar-refractivity contribution >= 4 is 27.5 Å². The summed E-state index contributed by atoms with van der Waals surface area (Å²) >= 11 is 9.85. The van der Waals surface area contributed by atoms with Crippen molar-refractivity contribution in [2.45, 2.75) is 58.3 Å². The monoisotopic (exact) mass is 404 g/mol. The van der Waals surface area contributed by atoms with Crippen LogP contribution in [-0.2, 0) is 6.42 Å². The van der Waals surface area contributed by atoms with Crippen LogP contribution in [0.4, 0.5) is 0 Å². The van der Waals surface area contributed by atoms with E-state index in [1.54, 1.807) is 0 Å². The maximum absolute atomic E-state index is 6.32. The molecule has 0 N–H and O–H groups in total. The van der Waals surface area contributed by atoms with Crippen molar-refractivity contribution in [3.63, 3.8) is 0 Å². The van der Waals surface area contributed by atoms with E-state index in [-0.39, 0.29) is 0 Å². The zero-order valence-electron chi connectivity index (χ0n) is 14.6. The van der Waals surface area contributed by atoms with Gasteiger partial charge in [-0.05, 0) is 78.3 Å². The molecule has 2 aromatic carbocycles. The third kappa shape index (κ3) is 4.24. The summed E-state index contributed by atoms with van der Waals surface area (Å²) in [5, 5.41) is 0.841. The first kappa shape index (κ1) is 18.0. The van der Waals surface area contributed by atoms with E-state index in [0.717, 1.165) is 21.8 Å². The van der Waals surface area contributed by atoms with Gasteiger partial charge in [0.25, 0.3) is 0 Å². The van der Waals surface area contributed by atoms with Gasteiger partial charge in [-0.3, -0.25) is 0 Å². The highest BCUT2D eigenvalue weighted by Crippen LogP contribution is 2.44. The second-order valence-electron chi connectivity index (χ2n) is 7.59. The van der Waals surface area contributed by atoms with E-state index in [2.05, 4.69) is 60.1 Å². The molecule has 2 aromatic rings. The van der Waals surface area contributed by atoms with Gasteiger partial charge in [-0.2, -0.15) is 0 Å². The molecule has 0 aliphatic heterocycles. The van der Waals surface area contributed by atoms with Crippen molar-refractivity contribution in [2.24, 2.45) is 5.41 Å². The second-order valence-corrected chi connectivity index (χ2v) is 8.92. The summed E-state index contributed by atoms with van der Waals surface area (Å²) in [6.07, 6.45) is 7.60. The van der Waals surface area contributed by atoms with E-state index in [0.29, 0.717) is 5.41 Å². The van der Waals surface area contributed by atoms with Gasteiger partial charge in [0, 0.05) is 9.50 Å². The average Bonchev–Trinajstić information content (AvgIpc) is 2.60. The lowest BCUT2D eigenvalue weighted by molar-refractivity contribution is 0.191. The highest BCUT2D eigenvalue weighted by atomic mass is 79.9. The molecule has 0 unspecified atom stereocenters. The van der Waals surface area contributed by atoms with Crippen LogP contribution in [0.3, 0.4) is 0 Å². The fourth-order valence-electron chi connectivity index (χ4n) is 3.81. The summed E-state index contributed by atoms with van der Waals surface area (Å²) in [4.78, 5) is 0. The normalized spacial score (nSPS) is 24.1. The molecule has 1 aliphatic carbocycles. The Kier molecular flexibility index (Phi) is 5.72. The van der Waals surface area contributed by atoms with Crippen LogP contribution in [0.1, 0.15) is 68.6 Å². The minimum absolute atomic E-state index is 0.577. The van der Waals surface area contributed by atoms with E-state index >= 15 is 0 Å². The molecule has 128 valence electrons. The molecule has 3 rings (SSSR count). The fourth-order valence-corrected chi connectivity index (χ4v) is 4.40. The molecule has 1 fully saturated rings. The average molecular weight is 406 g/mol. The summed E-state index contributed by atoms with van der Waals surface area (Å²) < 4.78 is 1.08.